The largest absolute Gasteiger partial charge is 0.326 e. The minimum atomic E-state index is -0.128. The molecule has 1 aliphatic heterocycles. The van der Waals surface area contributed by atoms with Crippen molar-refractivity contribution in [2.24, 2.45) is 0 Å². The fourth-order valence-electron chi connectivity index (χ4n) is 2.43. The lowest BCUT2D eigenvalue weighted by Gasteiger charge is -2.13. The van der Waals surface area contributed by atoms with E-state index >= 15 is 0 Å². The van der Waals surface area contributed by atoms with Crippen LogP contribution in [0.25, 0.3) is 0 Å². The Bertz CT molecular complexity index is 538. The van der Waals surface area contributed by atoms with Crippen LogP contribution in [0, 0.1) is 0 Å². The molecule has 21 heavy (non-hydrogen) atoms. The van der Waals surface area contributed by atoms with E-state index in [2.05, 4.69) is 5.32 Å². The van der Waals surface area contributed by atoms with Crippen molar-refractivity contribution in [3.63, 3.8) is 0 Å². The Labute approximate surface area is 124 Å². The Hall–Kier alpha value is -2.17. The van der Waals surface area contributed by atoms with Gasteiger partial charge in [-0.1, -0.05) is 25.1 Å². The van der Waals surface area contributed by atoms with E-state index in [-0.39, 0.29) is 17.7 Å². The molecule has 0 atom stereocenters. The first-order chi connectivity index (χ1) is 10.1. The second kappa shape index (κ2) is 7.02. The Morgan fingerprint density at radius 2 is 1.86 bits per heavy atom. The number of anilines is 1. The number of imide groups is 1. The fourth-order valence-corrected chi connectivity index (χ4v) is 2.43. The number of carbonyl (C=O) groups excluding carboxylic acids is 3. The van der Waals surface area contributed by atoms with E-state index in [0.29, 0.717) is 32.2 Å². The van der Waals surface area contributed by atoms with Crippen molar-refractivity contribution in [3.05, 3.63) is 29.8 Å². The van der Waals surface area contributed by atoms with Crippen molar-refractivity contribution in [1.29, 1.82) is 0 Å². The number of hydrogen-bond donors (Lipinski definition) is 1. The number of hydrogen-bond acceptors (Lipinski definition) is 3. The Morgan fingerprint density at radius 1 is 1.19 bits per heavy atom. The van der Waals surface area contributed by atoms with E-state index in [1.165, 1.54) is 4.90 Å². The number of amides is 3. The van der Waals surface area contributed by atoms with E-state index in [1.54, 1.807) is 0 Å². The first kappa shape index (κ1) is 15.2. The van der Waals surface area contributed by atoms with Gasteiger partial charge in [0.2, 0.25) is 17.7 Å². The maximum Gasteiger partial charge on any atom is 0.229 e. The third-order valence-electron chi connectivity index (χ3n) is 3.61. The van der Waals surface area contributed by atoms with Crippen molar-refractivity contribution >= 4 is 23.4 Å². The van der Waals surface area contributed by atoms with Crippen LogP contribution < -0.4 is 5.32 Å². The van der Waals surface area contributed by atoms with Crippen LogP contribution in [-0.4, -0.2) is 29.2 Å². The zero-order valence-electron chi connectivity index (χ0n) is 12.2. The number of rotatable bonds is 6. The standard InChI is InChI=1S/C16H20N2O3/c1-2-12-6-3-4-7-13(12)17-14(19)8-5-11-18-15(20)9-10-16(18)21/h3-4,6-7H,2,5,8-11H2,1H3,(H,17,19). The summed E-state index contributed by atoms with van der Waals surface area (Å²) in [6.07, 6.45) is 2.25. The predicted molar refractivity (Wildman–Crippen MR) is 79.6 cm³/mol. The summed E-state index contributed by atoms with van der Waals surface area (Å²) in [6.45, 7) is 2.37. The number of benzene rings is 1. The lowest BCUT2D eigenvalue weighted by atomic mass is 10.1. The van der Waals surface area contributed by atoms with Crippen molar-refractivity contribution in [3.8, 4) is 0 Å². The summed E-state index contributed by atoms with van der Waals surface area (Å²) in [4.78, 5) is 36.1. The van der Waals surface area contributed by atoms with Crippen LogP contribution in [0.4, 0.5) is 5.69 Å². The van der Waals surface area contributed by atoms with Gasteiger partial charge in [-0.25, -0.2) is 0 Å². The first-order valence-corrected chi connectivity index (χ1v) is 7.32. The Morgan fingerprint density at radius 3 is 2.52 bits per heavy atom. The average Bonchev–Trinajstić information content (AvgIpc) is 2.79. The molecule has 0 unspecified atom stereocenters. The number of nitrogens with zero attached hydrogens (tertiary/aromatic N) is 1. The van der Waals surface area contributed by atoms with E-state index in [4.69, 9.17) is 0 Å². The van der Waals surface area contributed by atoms with Crippen LogP contribution in [0.5, 0.6) is 0 Å². The van der Waals surface area contributed by atoms with Crippen LogP contribution in [-0.2, 0) is 20.8 Å². The van der Waals surface area contributed by atoms with Crippen LogP contribution in [0.2, 0.25) is 0 Å². The molecule has 2 rings (SSSR count). The highest BCUT2D eigenvalue weighted by Gasteiger charge is 2.28. The monoisotopic (exact) mass is 288 g/mol. The Kier molecular flexibility index (Phi) is 5.09. The molecular formula is C16H20N2O3. The van der Waals surface area contributed by atoms with Gasteiger partial charge in [0.15, 0.2) is 0 Å². The van der Waals surface area contributed by atoms with Gasteiger partial charge in [0.25, 0.3) is 0 Å². The van der Waals surface area contributed by atoms with Gasteiger partial charge in [-0.3, -0.25) is 19.3 Å². The minimum Gasteiger partial charge on any atom is -0.326 e. The zero-order chi connectivity index (χ0) is 15.2. The molecule has 0 aromatic heterocycles. The smallest absolute Gasteiger partial charge is 0.229 e. The zero-order valence-corrected chi connectivity index (χ0v) is 12.2. The van der Waals surface area contributed by atoms with Gasteiger partial charge in [-0.05, 0) is 24.5 Å². The molecule has 0 spiro atoms. The molecule has 112 valence electrons. The van der Waals surface area contributed by atoms with Crippen molar-refractivity contribution in [1.82, 2.24) is 4.90 Å². The van der Waals surface area contributed by atoms with Gasteiger partial charge in [-0.2, -0.15) is 0 Å². The molecule has 3 amide bonds. The van der Waals surface area contributed by atoms with Gasteiger partial charge < -0.3 is 5.32 Å². The third kappa shape index (κ3) is 3.90. The van der Waals surface area contributed by atoms with Gasteiger partial charge in [0.05, 0.1) is 0 Å². The number of nitrogens with one attached hydrogen (secondary N) is 1. The van der Waals surface area contributed by atoms with Gasteiger partial charge >= 0.3 is 0 Å². The number of likely N-dealkylation sites (tertiary alicyclic amines) is 1. The second-order valence-electron chi connectivity index (χ2n) is 5.10. The summed E-state index contributed by atoms with van der Waals surface area (Å²) in [7, 11) is 0. The highest BCUT2D eigenvalue weighted by molar-refractivity contribution is 6.02. The van der Waals surface area contributed by atoms with Crippen molar-refractivity contribution < 1.29 is 14.4 Å². The first-order valence-electron chi connectivity index (χ1n) is 7.32. The van der Waals surface area contributed by atoms with E-state index in [1.807, 2.05) is 31.2 Å². The van der Waals surface area contributed by atoms with Gasteiger partial charge in [-0.15, -0.1) is 0 Å². The van der Waals surface area contributed by atoms with Crippen molar-refractivity contribution in [2.45, 2.75) is 39.0 Å². The summed E-state index contributed by atoms with van der Waals surface area (Å²) in [6, 6.07) is 7.69. The molecule has 1 heterocycles. The topological polar surface area (TPSA) is 66.5 Å². The molecule has 1 N–H and O–H groups in total. The molecule has 5 nitrogen and oxygen atoms in total. The summed E-state index contributed by atoms with van der Waals surface area (Å²) in [5.74, 6) is -0.344. The minimum absolute atomic E-state index is 0.0880. The number of carbonyl (C=O) groups is 3. The quantitative estimate of drug-likeness (QED) is 0.815. The second-order valence-corrected chi connectivity index (χ2v) is 5.10. The molecular weight excluding hydrogens is 268 g/mol. The fraction of sp³-hybridized carbons (Fsp3) is 0.438. The average molecular weight is 288 g/mol. The van der Waals surface area contributed by atoms with Gasteiger partial charge in [0, 0.05) is 31.5 Å². The SMILES string of the molecule is CCc1ccccc1NC(=O)CCCN1C(=O)CCC1=O. The van der Waals surface area contributed by atoms with E-state index < -0.39 is 0 Å². The van der Waals surface area contributed by atoms with Crippen LogP contribution in [0.1, 0.15) is 38.2 Å². The highest BCUT2D eigenvalue weighted by atomic mass is 16.2. The summed E-state index contributed by atoms with van der Waals surface area (Å²) in [5.41, 5.74) is 1.93. The van der Waals surface area contributed by atoms with Crippen LogP contribution in [0.15, 0.2) is 24.3 Å². The van der Waals surface area contributed by atoms with Gasteiger partial charge in [0.1, 0.15) is 0 Å². The lowest BCUT2D eigenvalue weighted by Crippen LogP contribution is -2.30. The number of para-hydroxylation sites is 1. The van der Waals surface area contributed by atoms with Crippen LogP contribution >= 0.6 is 0 Å². The maximum absolute atomic E-state index is 11.9. The molecule has 0 radical (unpaired) electrons. The molecule has 1 aromatic carbocycles. The third-order valence-corrected chi connectivity index (χ3v) is 3.61. The Balaban J connectivity index is 1.80. The molecule has 5 heteroatoms. The molecule has 1 aromatic rings. The summed E-state index contributed by atoms with van der Waals surface area (Å²) < 4.78 is 0. The number of aryl methyl sites for hydroxylation is 1. The van der Waals surface area contributed by atoms with Crippen molar-refractivity contribution in [2.75, 3.05) is 11.9 Å². The van der Waals surface area contributed by atoms with Crippen LogP contribution in [0.3, 0.4) is 0 Å². The molecule has 1 aliphatic rings. The highest BCUT2D eigenvalue weighted by Crippen LogP contribution is 2.16. The normalized spacial score (nSPS) is 14.6. The molecule has 1 saturated heterocycles. The predicted octanol–water partition coefficient (Wildman–Crippen LogP) is 2.12. The molecule has 0 saturated carbocycles. The van der Waals surface area contributed by atoms with E-state index in [9.17, 15) is 14.4 Å². The molecule has 0 bridgehead atoms. The summed E-state index contributed by atoms with van der Waals surface area (Å²) >= 11 is 0. The molecule has 1 fully saturated rings. The lowest BCUT2D eigenvalue weighted by molar-refractivity contribution is -0.138. The van der Waals surface area contributed by atoms with E-state index in [0.717, 1.165) is 17.7 Å². The summed E-state index contributed by atoms with van der Waals surface area (Å²) in [5, 5.41) is 2.88. The maximum atomic E-state index is 11.9. The molecule has 0 aliphatic carbocycles.